The number of carbonyl (C=O) groups excluding carboxylic acids is 2. The summed E-state index contributed by atoms with van der Waals surface area (Å²) in [7, 11) is 0. The molecule has 1 aromatic carbocycles. The summed E-state index contributed by atoms with van der Waals surface area (Å²) in [6.07, 6.45) is 3.18. The van der Waals surface area contributed by atoms with Crippen molar-refractivity contribution in [2.45, 2.75) is 13.0 Å². The number of halogens is 1. The molecule has 0 fully saturated rings. The quantitative estimate of drug-likeness (QED) is 0.622. The second-order valence-electron chi connectivity index (χ2n) is 6.36. The van der Waals surface area contributed by atoms with E-state index in [1.165, 1.54) is 16.2 Å². The van der Waals surface area contributed by atoms with E-state index in [1.807, 2.05) is 6.92 Å². The molecule has 3 aromatic rings. The minimum Gasteiger partial charge on any atom is -0.503 e. The van der Waals surface area contributed by atoms with Crippen molar-refractivity contribution < 1.29 is 14.7 Å². The van der Waals surface area contributed by atoms with Gasteiger partial charge in [-0.05, 0) is 53.8 Å². The molecule has 1 amide bonds. The number of rotatable bonds is 4. The minimum atomic E-state index is -0.776. The number of aromatic nitrogens is 1. The first-order chi connectivity index (χ1) is 13.5. The molecular formula is C21H15ClN2O3S. The second kappa shape index (κ2) is 7.22. The molecule has 5 nitrogen and oxygen atoms in total. The fraction of sp³-hybridized carbons (Fsp3) is 0.0952. The molecule has 7 heteroatoms. The van der Waals surface area contributed by atoms with Gasteiger partial charge < -0.3 is 5.11 Å². The van der Waals surface area contributed by atoms with Gasteiger partial charge in [-0.15, -0.1) is 11.3 Å². The number of pyridine rings is 1. The van der Waals surface area contributed by atoms with E-state index in [0.29, 0.717) is 21.2 Å². The lowest BCUT2D eigenvalue weighted by Gasteiger charge is -2.28. The largest absolute Gasteiger partial charge is 0.503 e. The highest BCUT2D eigenvalue weighted by Gasteiger charge is 2.45. The zero-order valence-corrected chi connectivity index (χ0v) is 16.4. The monoisotopic (exact) mass is 410 g/mol. The number of anilines is 1. The average Bonchev–Trinajstić information content (AvgIpc) is 3.32. The van der Waals surface area contributed by atoms with Gasteiger partial charge in [-0.25, -0.2) is 0 Å². The normalized spacial score (nSPS) is 16.7. The lowest BCUT2D eigenvalue weighted by molar-refractivity contribution is -0.117. The van der Waals surface area contributed by atoms with Crippen molar-refractivity contribution in [3.05, 3.63) is 92.6 Å². The van der Waals surface area contributed by atoms with E-state index < -0.39 is 17.7 Å². The number of Topliss-reactive ketones (excluding diaryl/α,β-unsaturated/α-hetero) is 1. The van der Waals surface area contributed by atoms with E-state index in [9.17, 15) is 14.7 Å². The SMILES string of the molecule is Cc1ccc(Cl)cc1N1C(=O)C(O)=C(C(=O)c2cccs2)C1c1ccncc1. The Labute approximate surface area is 170 Å². The lowest BCUT2D eigenvalue weighted by Crippen LogP contribution is -2.31. The van der Waals surface area contributed by atoms with Gasteiger partial charge in [0, 0.05) is 23.1 Å². The molecular weight excluding hydrogens is 396 g/mol. The van der Waals surface area contributed by atoms with Crippen LogP contribution in [0.25, 0.3) is 0 Å². The number of aryl methyl sites for hydroxylation is 1. The Hall–Kier alpha value is -2.96. The third-order valence-corrected chi connectivity index (χ3v) is 5.75. The molecule has 1 aliphatic rings. The third kappa shape index (κ3) is 3.00. The molecule has 0 aliphatic carbocycles. The Kier molecular flexibility index (Phi) is 4.75. The predicted molar refractivity (Wildman–Crippen MR) is 109 cm³/mol. The molecule has 0 spiro atoms. The Morgan fingerprint density at radius 2 is 1.96 bits per heavy atom. The fourth-order valence-electron chi connectivity index (χ4n) is 3.33. The van der Waals surface area contributed by atoms with Crippen molar-refractivity contribution in [1.29, 1.82) is 0 Å². The number of benzene rings is 1. The van der Waals surface area contributed by atoms with Crippen LogP contribution in [-0.4, -0.2) is 21.8 Å². The highest BCUT2D eigenvalue weighted by Crippen LogP contribution is 2.43. The Bertz CT molecular complexity index is 1090. The Morgan fingerprint density at radius 1 is 1.21 bits per heavy atom. The van der Waals surface area contributed by atoms with Crippen LogP contribution in [0.5, 0.6) is 0 Å². The molecule has 1 N–H and O–H groups in total. The van der Waals surface area contributed by atoms with E-state index in [2.05, 4.69) is 4.98 Å². The number of hydrogen-bond donors (Lipinski definition) is 1. The van der Waals surface area contributed by atoms with Gasteiger partial charge in [-0.2, -0.15) is 0 Å². The Morgan fingerprint density at radius 3 is 2.64 bits per heavy atom. The molecule has 3 heterocycles. The van der Waals surface area contributed by atoms with E-state index >= 15 is 0 Å². The maximum Gasteiger partial charge on any atom is 0.294 e. The highest BCUT2D eigenvalue weighted by atomic mass is 35.5. The summed E-state index contributed by atoms with van der Waals surface area (Å²) >= 11 is 7.43. The maximum absolute atomic E-state index is 13.1. The summed E-state index contributed by atoms with van der Waals surface area (Å²) in [4.78, 5) is 32.1. The molecule has 2 aromatic heterocycles. The first-order valence-electron chi connectivity index (χ1n) is 8.50. The average molecular weight is 411 g/mol. The molecule has 28 heavy (non-hydrogen) atoms. The smallest absolute Gasteiger partial charge is 0.294 e. The molecule has 4 rings (SSSR count). The van der Waals surface area contributed by atoms with Crippen LogP contribution in [0.4, 0.5) is 5.69 Å². The molecule has 0 saturated heterocycles. The van der Waals surface area contributed by atoms with Crippen LogP contribution in [0.3, 0.4) is 0 Å². The summed E-state index contributed by atoms with van der Waals surface area (Å²) in [5, 5.41) is 12.9. The van der Waals surface area contributed by atoms with Gasteiger partial charge in [0.05, 0.1) is 16.5 Å². The van der Waals surface area contributed by atoms with Crippen LogP contribution in [0.2, 0.25) is 5.02 Å². The van der Waals surface area contributed by atoms with Gasteiger partial charge in [0.1, 0.15) is 0 Å². The second-order valence-corrected chi connectivity index (χ2v) is 7.74. The van der Waals surface area contributed by atoms with Crippen LogP contribution in [-0.2, 0) is 4.79 Å². The van der Waals surface area contributed by atoms with Gasteiger partial charge >= 0.3 is 0 Å². The molecule has 1 unspecified atom stereocenters. The maximum atomic E-state index is 13.1. The molecule has 0 bridgehead atoms. The van der Waals surface area contributed by atoms with E-state index in [4.69, 9.17) is 11.6 Å². The van der Waals surface area contributed by atoms with Crippen LogP contribution < -0.4 is 4.90 Å². The number of carbonyl (C=O) groups is 2. The number of thiophene rings is 1. The van der Waals surface area contributed by atoms with Gasteiger partial charge in [0.25, 0.3) is 5.91 Å². The molecule has 0 saturated carbocycles. The summed E-state index contributed by atoms with van der Waals surface area (Å²) < 4.78 is 0. The van der Waals surface area contributed by atoms with Crippen LogP contribution in [0.15, 0.2) is 71.6 Å². The predicted octanol–water partition coefficient (Wildman–Crippen LogP) is 4.89. The van der Waals surface area contributed by atoms with Gasteiger partial charge in [-0.3, -0.25) is 19.5 Å². The van der Waals surface area contributed by atoms with Crippen molar-refractivity contribution in [3.8, 4) is 0 Å². The molecule has 140 valence electrons. The van der Waals surface area contributed by atoms with Crippen LogP contribution in [0.1, 0.15) is 26.8 Å². The van der Waals surface area contributed by atoms with Crippen molar-refractivity contribution in [1.82, 2.24) is 4.98 Å². The number of ketones is 1. The number of amides is 1. The van der Waals surface area contributed by atoms with Crippen LogP contribution >= 0.6 is 22.9 Å². The Balaban J connectivity index is 1.92. The number of hydrogen-bond acceptors (Lipinski definition) is 5. The highest BCUT2D eigenvalue weighted by molar-refractivity contribution is 7.12. The topological polar surface area (TPSA) is 70.5 Å². The van der Waals surface area contributed by atoms with Gasteiger partial charge in [0.15, 0.2) is 5.76 Å². The van der Waals surface area contributed by atoms with E-state index in [-0.39, 0.29) is 11.4 Å². The van der Waals surface area contributed by atoms with E-state index in [1.54, 1.807) is 60.2 Å². The molecule has 1 atom stereocenters. The first-order valence-corrected chi connectivity index (χ1v) is 9.75. The van der Waals surface area contributed by atoms with Crippen molar-refractivity contribution in [2.75, 3.05) is 4.90 Å². The van der Waals surface area contributed by atoms with Crippen molar-refractivity contribution in [2.24, 2.45) is 0 Å². The van der Waals surface area contributed by atoms with Crippen molar-refractivity contribution in [3.63, 3.8) is 0 Å². The number of aliphatic hydroxyl groups excluding tert-OH is 1. The third-order valence-electron chi connectivity index (χ3n) is 4.65. The van der Waals surface area contributed by atoms with Gasteiger partial charge in [-0.1, -0.05) is 23.7 Å². The number of nitrogens with zero attached hydrogens (tertiary/aromatic N) is 2. The standard InChI is InChI=1S/C21H15ClN2O3S/c1-12-4-5-14(22)11-15(12)24-18(13-6-8-23-9-7-13)17(20(26)21(24)27)19(25)16-3-2-10-28-16/h2-11,18,26H,1H3. The zero-order chi connectivity index (χ0) is 19.8. The summed E-state index contributed by atoms with van der Waals surface area (Å²) in [6.45, 7) is 1.85. The summed E-state index contributed by atoms with van der Waals surface area (Å²) in [5.74, 6) is -1.54. The van der Waals surface area contributed by atoms with E-state index in [0.717, 1.165) is 5.56 Å². The fourth-order valence-corrected chi connectivity index (χ4v) is 4.17. The van der Waals surface area contributed by atoms with Crippen molar-refractivity contribution >= 4 is 40.3 Å². The lowest BCUT2D eigenvalue weighted by atomic mass is 9.95. The summed E-state index contributed by atoms with van der Waals surface area (Å²) in [6, 6.07) is 11.3. The molecule has 0 radical (unpaired) electrons. The number of aliphatic hydroxyl groups is 1. The van der Waals surface area contributed by atoms with Crippen LogP contribution in [0, 0.1) is 6.92 Å². The molecule has 1 aliphatic heterocycles. The zero-order valence-electron chi connectivity index (χ0n) is 14.8. The first kappa shape index (κ1) is 18.4. The summed E-state index contributed by atoms with van der Waals surface area (Å²) in [5.41, 5.74) is 2.07. The van der Waals surface area contributed by atoms with Gasteiger partial charge in [0.2, 0.25) is 5.78 Å². The minimum absolute atomic E-state index is 0.0537.